The van der Waals surface area contributed by atoms with E-state index in [0.29, 0.717) is 18.2 Å². The molecule has 136 valence electrons. The minimum Gasteiger partial charge on any atom is -0.269 e. The van der Waals surface area contributed by atoms with Crippen molar-refractivity contribution in [3.8, 4) is 11.1 Å². The largest absolute Gasteiger partial charge is 0.269 e. The number of piperidine rings is 1. The lowest BCUT2D eigenvalue weighted by Gasteiger charge is -2.30. The number of hydrogen-bond acceptors (Lipinski definition) is 5. The van der Waals surface area contributed by atoms with E-state index in [1.165, 1.54) is 10.6 Å². The minimum atomic E-state index is -3.12. The lowest BCUT2D eigenvalue weighted by molar-refractivity contribution is 0.262. The van der Waals surface area contributed by atoms with E-state index in [9.17, 15) is 8.42 Å². The number of rotatable bonds is 3. The Morgan fingerprint density at radius 3 is 2.62 bits per heavy atom. The Bertz CT molecular complexity index is 1060. The topological polar surface area (TPSA) is 81.0 Å². The van der Waals surface area contributed by atoms with Gasteiger partial charge >= 0.3 is 0 Å². The van der Waals surface area contributed by atoms with Crippen LogP contribution in [-0.4, -0.2) is 51.8 Å². The predicted octanol–water partition coefficient (Wildman–Crippen LogP) is 2.74. The van der Waals surface area contributed by atoms with Gasteiger partial charge in [-0.3, -0.25) is 9.67 Å². The fourth-order valence-electron chi connectivity index (χ4n) is 3.26. The highest BCUT2D eigenvalue weighted by Crippen LogP contribution is 2.27. The lowest BCUT2D eigenvalue weighted by Crippen LogP contribution is -2.38. The van der Waals surface area contributed by atoms with Gasteiger partial charge in [-0.15, -0.1) is 0 Å². The molecule has 4 rings (SSSR count). The zero-order valence-corrected chi connectivity index (χ0v) is 15.8. The first-order valence-electron chi connectivity index (χ1n) is 8.32. The van der Waals surface area contributed by atoms with Crippen LogP contribution in [-0.2, 0) is 10.0 Å². The van der Waals surface area contributed by atoms with Gasteiger partial charge in [0.25, 0.3) is 0 Å². The number of pyridine rings is 2. The van der Waals surface area contributed by atoms with E-state index in [0.717, 1.165) is 35.0 Å². The van der Waals surface area contributed by atoms with E-state index in [2.05, 4.69) is 15.1 Å². The molecule has 3 aromatic rings. The molecular weight excluding hydrogens is 374 g/mol. The summed E-state index contributed by atoms with van der Waals surface area (Å²) in [4.78, 5) is 8.73. The van der Waals surface area contributed by atoms with Crippen molar-refractivity contribution in [3.63, 3.8) is 0 Å². The molecule has 1 aliphatic rings. The van der Waals surface area contributed by atoms with E-state index in [-0.39, 0.29) is 6.04 Å². The first-order chi connectivity index (χ1) is 12.4. The monoisotopic (exact) mass is 391 g/mol. The number of halogens is 1. The summed E-state index contributed by atoms with van der Waals surface area (Å²) < 4.78 is 26.7. The second-order valence-corrected chi connectivity index (χ2v) is 8.87. The summed E-state index contributed by atoms with van der Waals surface area (Å²) in [7, 11) is -3.12. The van der Waals surface area contributed by atoms with Crippen molar-refractivity contribution in [1.82, 2.24) is 24.1 Å². The van der Waals surface area contributed by atoms with Crippen molar-refractivity contribution in [1.29, 1.82) is 0 Å². The summed E-state index contributed by atoms with van der Waals surface area (Å²) in [6, 6.07) is 5.70. The normalized spacial score (nSPS) is 17.0. The number of nitrogens with zero attached hydrogens (tertiary/aromatic N) is 5. The molecule has 7 nitrogen and oxygen atoms in total. The Hall–Kier alpha value is -2.03. The van der Waals surface area contributed by atoms with E-state index in [1.54, 1.807) is 18.5 Å². The van der Waals surface area contributed by atoms with E-state index >= 15 is 0 Å². The van der Waals surface area contributed by atoms with Gasteiger partial charge in [-0.05, 0) is 31.0 Å². The summed E-state index contributed by atoms with van der Waals surface area (Å²) in [5, 5.41) is 4.91. The fourth-order valence-corrected chi connectivity index (χ4v) is 4.29. The molecule has 0 bridgehead atoms. The third kappa shape index (κ3) is 3.44. The van der Waals surface area contributed by atoms with Crippen LogP contribution in [0.25, 0.3) is 22.2 Å². The molecule has 0 spiro atoms. The van der Waals surface area contributed by atoms with Gasteiger partial charge in [0.2, 0.25) is 10.0 Å². The standard InChI is InChI=1S/C17H18ClN5O2S/c1-26(24,25)22-6-4-14(5-7-22)23-11-13(10-20-23)12-8-16-15(19-9-12)2-3-17(18)21-16/h2-3,8-11,14H,4-7H2,1H3. The third-order valence-corrected chi connectivity index (χ3v) is 6.22. The number of aromatic nitrogens is 4. The Labute approximate surface area is 156 Å². The molecule has 0 amide bonds. The van der Waals surface area contributed by atoms with Gasteiger partial charge in [0, 0.05) is 36.6 Å². The average molecular weight is 392 g/mol. The maximum absolute atomic E-state index is 11.6. The molecule has 1 saturated heterocycles. The number of hydrogen-bond donors (Lipinski definition) is 0. The van der Waals surface area contributed by atoms with Crippen LogP contribution in [0.4, 0.5) is 0 Å². The van der Waals surface area contributed by atoms with Gasteiger partial charge in [0.1, 0.15) is 5.15 Å². The Morgan fingerprint density at radius 2 is 1.88 bits per heavy atom. The molecular formula is C17H18ClN5O2S. The zero-order chi connectivity index (χ0) is 18.3. The molecule has 0 radical (unpaired) electrons. The number of sulfonamides is 1. The molecule has 0 unspecified atom stereocenters. The maximum atomic E-state index is 11.6. The molecule has 26 heavy (non-hydrogen) atoms. The molecule has 0 N–H and O–H groups in total. The second kappa shape index (κ2) is 6.61. The molecule has 1 fully saturated rings. The lowest BCUT2D eigenvalue weighted by atomic mass is 10.1. The molecule has 0 aromatic carbocycles. The molecule has 4 heterocycles. The van der Waals surface area contributed by atoms with Crippen molar-refractivity contribution < 1.29 is 8.42 Å². The first kappa shape index (κ1) is 17.4. The van der Waals surface area contributed by atoms with Crippen molar-refractivity contribution in [2.45, 2.75) is 18.9 Å². The van der Waals surface area contributed by atoms with Crippen LogP contribution in [0, 0.1) is 0 Å². The molecule has 9 heteroatoms. The van der Waals surface area contributed by atoms with Crippen molar-refractivity contribution >= 4 is 32.7 Å². The summed E-state index contributed by atoms with van der Waals surface area (Å²) >= 11 is 5.96. The van der Waals surface area contributed by atoms with E-state index in [4.69, 9.17) is 11.6 Å². The van der Waals surface area contributed by atoms with Crippen LogP contribution in [0.15, 0.2) is 36.8 Å². The Balaban J connectivity index is 1.55. The van der Waals surface area contributed by atoms with Gasteiger partial charge in [0.05, 0.1) is 29.5 Å². The first-order valence-corrected chi connectivity index (χ1v) is 10.5. The van der Waals surface area contributed by atoms with Crippen LogP contribution < -0.4 is 0 Å². The van der Waals surface area contributed by atoms with Crippen LogP contribution in [0.5, 0.6) is 0 Å². The quantitative estimate of drug-likeness (QED) is 0.641. The van der Waals surface area contributed by atoms with Gasteiger partial charge in [-0.25, -0.2) is 17.7 Å². The van der Waals surface area contributed by atoms with Gasteiger partial charge in [0.15, 0.2) is 0 Å². The van der Waals surface area contributed by atoms with Gasteiger partial charge in [-0.2, -0.15) is 5.10 Å². The Kier molecular flexibility index (Phi) is 4.42. The highest BCUT2D eigenvalue weighted by atomic mass is 35.5. The van der Waals surface area contributed by atoms with E-state index in [1.807, 2.05) is 23.0 Å². The fraction of sp³-hybridized carbons (Fsp3) is 0.353. The molecule has 0 atom stereocenters. The van der Waals surface area contributed by atoms with Crippen LogP contribution >= 0.6 is 11.6 Å². The van der Waals surface area contributed by atoms with Crippen LogP contribution in [0.1, 0.15) is 18.9 Å². The van der Waals surface area contributed by atoms with Crippen LogP contribution in [0.3, 0.4) is 0 Å². The van der Waals surface area contributed by atoms with E-state index < -0.39 is 10.0 Å². The summed E-state index contributed by atoms with van der Waals surface area (Å²) in [6.45, 7) is 1.05. The van der Waals surface area contributed by atoms with Crippen LogP contribution in [0.2, 0.25) is 5.15 Å². The molecule has 0 aliphatic carbocycles. The average Bonchev–Trinajstić information content (AvgIpc) is 3.10. The SMILES string of the molecule is CS(=O)(=O)N1CCC(n2cc(-c3cnc4ccc(Cl)nc4c3)cn2)CC1. The molecule has 1 aliphatic heterocycles. The highest BCUT2D eigenvalue weighted by molar-refractivity contribution is 7.88. The summed E-state index contributed by atoms with van der Waals surface area (Å²) in [5.41, 5.74) is 3.40. The van der Waals surface area contributed by atoms with Gasteiger partial charge in [-0.1, -0.05) is 11.6 Å². The predicted molar refractivity (Wildman–Crippen MR) is 100 cm³/mol. The Morgan fingerprint density at radius 1 is 1.12 bits per heavy atom. The van der Waals surface area contributed by atoms with Gasteiger partial charge < -0.3 is 0 Å². The zero-order valence-electron chi connectivity index (χ0n) is 14.2. The second-order valence-electron chi connectivity index (χ2n) is 6.50. The number of fused-ring (bicyclic) bond motifs is 1. The molecule has 0 saturated carbocycles. The highest BCUT2D eigenvalue weighted by Gasteiger charge is 2.26. The third-order valence-electron chi connectivity index (χ3n) is 4.70. The minimum absolute atomic E-state index is 0.197. The smallest absolute Gasteiger partial charge is 0.211 e. The van der Waals surface area contributed by atoms with Crippen molar-refractivity contribution in [2.75, 3.05) is 19.3 Å². The summed E-state index contributed by atoms with van der Waals surface area (Å²) in [6.07, 6.45) is 8.34. The summed E-state index contributed by atoms with van der Waals surface area (Å²) in [5.74, 6) is 0. The van der Waals surface area contributed by atoms with Crippen molar-refractivity contribution in [2.24, 2.45) is 0 Å². The molecule has 3 aromatic heterocycles. The van der Waals surface area contributed by atoms with Crippen molar-refractivity contribution in [3.05, 3.63) is 41.9 Å². The maximum Gasteiger partial charge on any atom is 0.211 e.